The van der Waals surface area contributed by atoms with Crippen LogP contribution >= 0.6 is 27.3 Å². The number of hydrogen-bond acceptors (Lipinski definition) is 3. The van der Waals surface area contributed by atoms with Crippen LogP contribution in [0.3, 0.4) is 0 Å². The smallest absolute Gasteiger partial charge is 0.116 e. The number of benzene rings is 1. The summed E-state index contributed by atoms with van der Waals surface area (Å²) in [6.07, 6.45) is 0. The molecule has 0 unspecified atom stereocenters. The Bertz CT molecular complexity index is 464. The lowest BCUT2D eigenvalue weighted by Gasteiger charge is -1.96. The first-order valence-electron chi connectivity index (χ1n) is 4.16. The predicted octanol–water partition coefficient (Wildman–Crippen LogP) is 2.99. The highest BCUT2D eigenvalue weighted by atomic mass is 79.9. The third-order valence-electron chi connectivity index (χ3n) is 2.14. The van der Waals surface area contributed by atoms with Gasteiger partial charge < -0.3 is 10.2 Å². The number of aliphatic hydroxyl groups excluding tert-OH is 1. The van der Waals surface area contributed by atoms with Crippen LogP contribution in [0.2, 0.25) is 0 Å². The molecule has 0 fully saturated rings. The lowest BCUT2D eigenvalue weighted by atomic mass is 10.1. The van der Waals surface area contributed by atoms with Gasteiger partial charge in [0.1, 0.15) is 5.75 Å². The molecule has 2 rings (SSSR count). The molecule has 0 bridgehead atoms. The number of aromatic hydroxyl groups is 1. The normalized spacial score (nSPS) is 11.0. The molecule has 0 atom stereocenters. The Hall–Kier alpha value is -0.580. The third-order valence-corrected chi connectivity index (χ3v) is 3.89. The van der Waals surface area contributed by atoms with Gasteiger partial charge in [-0.25, -0.2) is 0 Å². The van der Waals surface area contributed by atoms with E-state index in [2.05, 4.69) is 15.9 Å². The number of rotatable bonds is 2. The van der Waals surface area contributed by atoms with Crippen LogP contribution in [-0.2, 0) is 11.9 Å². The van der Waals surface area contributed by atoms with Crippen molar-refractivity contribution in [1.82, 2.24) is 0 Å². The maximum Gasteiger partial charge on any atom is 0.116 e. The molecule has 0 radical (unpaired) electrons. The van der Waals surface area contributed by atoms with Gasteiger partial charge in [-0.3, -0.25) is 0 Å². The number of phenolic OH excluding ortho intramolecular Hbond substituents is 1. The van der Waals surface area contributed by atoms with E-state index in [9.17, 15) is 5.11 Å². The van der Waals surface area contributed by atoms with Crippen LogP contribution in [0.4, 0.5) is 0 Å². The van der Waals surface area contributed by atoms with Crippen LogP contribution in [0, 0.1) is 0 Å². The molecule has 4 heteroatoms. The maximum atomic E-state index is 9.36. The Labute approximate surface area is 93.9 Å². The molecular formula is C10H9BrO2S. The average molecular weight is 273 g/mol. The van der Waals surface area contributed by atoms with E-state index in [4.69, 9.17) is 5.11 Å². The van der Waals surface area contributed by atoms with Crippen molar-refractivity contribution in [1.29, 1.82) is 0 Å². The molecule has 0 aliphatic heterocycles. The van der Waals surface area contributed by atoms with Gasteiger partial charge in [-0.15, -0.1) is 11.3 Å². The van der Waals surface area contributed by atoms with Gasteiger partial charge >= 0.3 is 0 Å². The minimum atomic E-state index is 0.0566. The summed E-state index contributed by atoms with van der Waals surface area (Å²) in [6, 6.07) is 5.28. The Morgan fingerprint density at radius 2 is 2.14 bits per heavy atom. The Morgan fingerprint density at radius 1 is 1.36 bits per heavy atom. The van der Waals surface area contributed by atoms with E-state index in [1.54, 1.807) is 23.5 Å². The SMILES string of the molecule is OCc1sc2ccc(O)cc2c1CBr. The van der Waals surface area contributed by atoms with Gasteiger partial charge in [0, 0.05) is 20.3 Å². The first kappa shape index (κ1) is 9.96. The summed E-state index contributed by atoms with van der Waals surface area (Å²) in [5, 5.41) is 20.2. The number of alkyl halides is 1. The first-order valence-corrected chi connectivity index (χ1v) is 6.10. The van der Waals surface area contributed by atoms with E-state index in [1.807, 2.05) is 6.07 Å². The average Bonchev–Trinajstić information content (AvgIpc) is 2.54. The largest absolute Gasteiger partial charge is 0.508 e. The van der Waals surface area contributed by atoms with E-state index >= 15 is 0 Å². The molecular weight excluding hydrogens is 264 g/mol. The highest BCUT2D eigenvalue weighted by Crippen LogP contribution is 2.34. The quantitative estimate of drug-likeness (QED) is 0.826. The lowest BCUT2D eigenvalue weighted by Crippen LogP contribution is -1.83. The standard InChI is InChI=1S/C10H9BrO2S/c11-4-8-7-3-6(13)1-2-9(7)14-10(8)5-12/h1-3,12-13H,4-5H2. The zero-order chi connectivity index (χ0) is 10.1. The molecule has 74 valence electrons. The van der Waals surface area contributed by atoms with E-state index in [1.165, 1.54) is 0 Å². The predicted molar refractivity (Wildman–Crippen MR) is 62.0 cm³/mol. The van der Waals surface area contributed by atoms with Crippen molar-refractivity contribution in [2.24, 2.45) is 0 Å². The molecule has 1 aromatic carbocycles. The number of halogens is 1. The van der Waals surface area contributed by atoms with Crippen molar-refractivity contribution < 1.29 is 10.2 Å². The van der Waals surface area contributed by atoms with Gasteiger partial charge in [0.2, 0.25) is 0 Å². The fourth-order valence-corrected chi connectivity index (χ4v) is 3.35. The number of phenols is 1. The summed E-state index contributed by atoms with van der Waals surface area (Å²) in [6.45, 7) is 0.0566. The summed E-state index contributed by atoms with van der Waals surface area (Å²) in [5.74, 6) is 0.266. The van der Waals surface area contributed by atoms with Gasteiger partial charge in [0.25, 0.3) is 0 Å². The van der Waals surface area contributed by atoms with Gasteiger partial charge in [0.15, 0.2) is 0 Å². The fourth-order valence-electron chi connectivity index (χ4n) is 1.46. The molecule has 0 aliphatic rings. The topological polar surface area (TPSA) is 40.5 Å². The van der Waals surface area contributed by atoms with E-state index in [-0.39, 0.29) is 12.4 Å². The lowest BCUT2D eigenvalue weighted by molar-refractivity contribution is 0.285. The third kappa shape index (κ3) is 1.54. The van der Waals surface area contributed by atoms with E-state index in [0.29, 0.717) is 5.33 Å². The highest BCUT2D eigenvalue weighted by Gasteiger charge is 2.10. The van der Waals surface area contributed by atoms with Gasteiger partial charge in [-0.1, -0.05) is 15.9 Å². The second-order valence-electron chi connectivity index (χ2n) is 2.98. The van der Waals surface area contributed by atoms with Crippen LogP contribution in [0.15, 0.2) is 18.2 Å². The summed E-state index contributed by atoms with van der Waals surface area (Å²) in [7, 11) is 0. The van der Waals surface area contributed by atoms with Crippen LogP contribution in [0.5, 0.6) is 5.75 Å². The van der Waals surface area contributed by atoms with Crippen molar-refractivity contribution in [3.63, 3.8) is 0 Å². The van der Waals surface area contributed by atoms with Crippen molar-refractivity contribution in [3.8, 4) is 5.75 Å². The Kier molecular flexibility index (Phi) is 2.76. The van der Waals surface area contributed by atoms with Crippen LogP contribution in [0.1, 0.15) is 10.4 Å². The van der Waals surface area contributed by atoms with Gasteiger partial charge in [-0.2, -0.15) is 0 Å². The molecule has 0 saturated heterocycles. The maximum absolute atomic E-state index is 9.36. The summed E-state index contributed by atoms with van der Waals surface area (Å²) < 4.78 is 1.10. The van der Waals surface area contributed by atoms with Crippen LogP contribution < -0.4 is 0 Å². The summed E-state index contributed by atoms with van der Waals surface area (Å²) in [4.78, 5) is 0.961. The number of thiophene rings is 1. The minimum absolute atomic E-state index is 0.0566. The van der Waals surface area contributed by atoms with Crippen LogP contribution in [0.25, 0.3) is 10.1 Å². The van der Waals surface area contributed by atoms with Crippen molar-refractivity contribution in [2.75, 3.05) is 0 Å². The molecule has 0 aliphatic carbocycles. The monoisotopic (exact) mass is 272 g/mol. The number of fused-ring (bicyclic) bond motifs is 1. The Balaban J connectivity index is 2.74. The molecule has 2 aromatic rings. The molecule has 0 saturated carbocycles. The van der Waals surface area contributed by atoms with Gasteiger partial charge in [0.05, 0.1) is 6.61 Å². The zero-order valence-electron chi connectivity index (χ0n) is 7.33. The van der Waals surface area contributed by atoms with E-state index < -0.39 is 0 Å². The van der Waals surface area contributed by atoms with E-state index in [0.717, 1.165) is 20.5 Å². The highest BCUT2D eigenvalue weighted by molar-refractivity contribution is 9.08. The molecule has 1 heterocycles. The summed E-state index contributed by atoms with van der Waals surface area (Å²) >= 11 is 4.95. The molecule has 14 heavy (non-hydrogen) atoms. The van der Waals surface area contributed by atoms with Crippen LogP contribution in [-0.4, -0.2) is 10.2 Å². The van der Waals surface area contributed by atoms with Crippen molar-refractivity contribution >= 4 is 37.4 Å². The minimum Gasteiger partial charge on any atom is -0.508 e. The Morgan fingerprint density at radius 3 is 2.79 bits per heavy atom. The van der Waals surface area contributed by atoms with Gasteiger partial charge in [-0.05, 0) is 23.8 Å². The molecule has 2 nitrogen and oxygen atoms in total. The summed E-state index contributed by atoms with van der Waals surface area (Å²) in [5.41, 5.74) is 1.07. The molecule has 0 spiro atoms. The second-order valence-corrected chi connectivity index (χ2v) is 4.67. The van der Waals surface area contributed by atoms with Crippen molar-refractivity contribution in [3.05, 3.63) is 28.6 Å². The fraction of sp³-hybridized carbons (Fsp3) is 0.200. The van der Waals surface area contributed by atoms with Crippen molar-refractivity contribution in [2.45, 2.75) is 11.9 Å². The number of aliphatic hydroxyl groups is 1. The zero-order valence-corrected chi connectivity index (χ0v) is 9.73. The molecule has 1 aromatic heterocycles. The molecule has 0 amide bonds. The molecule has 2 N–H and O–H groups in total. The first-order chi connectivity index (χ1) is 6.76. The number of hydrogen-bond donors (Lipinski definition) is 2. The second kappa shape index (κ2) is 3.88.